The van der Waals surface area contributed by atoms with Gasteiger partial charge in [0, 0.05) is 0 Å². The number of amides is 1. The van der Waals surface area contributed by atoms with Gasteiger partial charge in [0.15, 0.2) is 0 Å². The minimum absolute atomic E-state index is 0.0856. The number of unbranched alkanes of at least 4 members (excludes halogenated alkanes) is 2. The lowest BCUT2D eigenvalue weighted by Gasteiger charge is -2.26. The minimum atomic E-state index is -0.174. The van der Waals surface area contributed by atoms with Crippen molar-refractivity contribution in [2.45, 2.75) is 32.3 Å². The van der Waals surface area contributed by atoms with Crippen LogP contribution in [0, 0.1) is 0 Å². The van der Waals surface area contributed by atoms with Crippen LogP contribution in [0.15, 0.2) is 24.3 Å². The van der Waals surface area contributed by atoms with Crippen molar-refractivity contribution in [3.63, 3.8) is 0 Å². The van der Waals surface area contributed by atoms with E-state index in [0.717, 1.165) is 24.9 Å². The zero-order valence-corrected chi connectivity index (χ0v) is 14.3. The second-order valence-electron chi connectivity index (χ2n) is 5.44. The quantitative estimate of drug-likeness (QED) is 0.511. The number of anilines is 1. The molecule has 0 radical (unpaired) electrons. The molecule has 0 N–H and O–H groups in total. The molecule has 1 aliphatic heterocycles. The third-order valence-corrected chi connectivity index (χ3v) is 3.88. The fraction of sp³-hybridized carbons (Fsp3) is 0.588. The van der Waals surface area contributed by atoms with Gasteiger partial charge in [-0.15, -0.1) is 11.6 Å². The van der Waals surface area contributed by atoms with Crippen LogP contribution in [0.4, 0.5) is 5.69 Å². The normalized spacial score (nSPS) is 17.2. The molecule has 6 heteroatoms. The Labute approximate surface area is 142 Å². The number of hydrogen-bond acceptors (Lipinski definition) is 4. The maximum Gasteiger partial charge on any atom is 0.242 e. The molecule has 0 aromatic heterocycles. The van der Waals surface area contributed by atoms with E-state index < -0.39 is 0 Å². The number of halogens is 1. The summed E-state index contributed by atoms with van der Waals surface area (Å²) in [5.74, 6) is 0.436. The highest BCUT2D eigenvalue weighted by molar-refractivity contribution is 6.29. The van der Waals surface area contributed by atoms with Crippen LogP contribution in [0.5, 0.6) is 5.75 Å². The first-order chi connectivity index (χ1) is 11.3. The van der Waals surface area contributed by atoms with Gasteiger partial charge >= 0.3 is 0 Å². The average molecular weight is 342 g/mol. The maximum atomic E-state index is 12.3. The maximum absolute atomic E-state index is 12.3. The molecule has 23 heavy (non-hydrogen) atoms. The molecule has 1 unspecified atom stereocenters. The number of ether oxygens (including phenoxy) is 3. The number of para-hydroxylation sites is 2. The number of carbonyl (C=O) groups excluding carboxylic acids is 1. The van der Waals surface area contributed by atoms with Gasteiger partial charge in [0.2, 0.25) is 5.91 Å². The average Bonchev–Trinajstić information content (AvgIpc) is 3.10. The number of nitrogens with zero attached hydrogens (tertiary/aromatic N) is 1. The van der Waals surface area contributed by atoms with Crippen molar-refractivity contribution in [3.8, 4) is 5.75 Å². The Hall–Kier alpha value is -1.30. The highest BCUT2D eigenvalue weighted by atomic mass is 35.5. The summed E-state index contributed by atoms with van der Waals surface area (Å²) in [4.78, 5) is 13.9. The summed E-state index contributed by atoms with van der Waals surface area (Å²) in [7, 11) is 0. The van der Waals surface area contributed by atoms with Crippen LogP contribution >= 0.6 is 11.6 Å². The van der Waals surface area contributed by atoms with Crippen LogP contribution in [-0.4, -0.2) is 44.4 Å². The summed E-state index contributed by atoms with van der Waals surface area (Å²) < 4.78 is 16.5. The molecule has 0 bridgehead atoms. The molecule has 5 nitrogen and oxygen atoms in total. The van der Waals surface area contributed by atoms with Gasteiger partial charge < -0.3 is 19.1 Å². The van der Waals surface area contributed by atoms with Gasteiger partial charge in [-0.3, -0.25) is 4.79 Å². The largest absolute Gasteiger partial charge is 0.491 e. The van der Waals surface area contributed by atoms with Crippen LogP contribution < -0.4 is 9.64 Å². The summed E-state index contributed by atoms with van der Waals surface area (Å²) in [6.07, 6.45) is 3.12. The van der Waals surface area contributed by atoms with E-state index in [1.165, 1.54) is 0 Å². The highest BCUT2D eigenvalue weighted by Crippen LogP contribution is 2.29. The van der Waals surface area contributed by atoms with Crippen molar-refractivity contribution in [3.05, 3.63) is 24.3 Å². The van der Waals surface area contributed by atoms with E-state index in [4.69, 9.17) is 25.8 Å². The Morgan fingerprint density at radius 3 is 2.91 bits per heavy atom. The Bertz CT molecular complexity index is 491. The molecule has 1 amide bonds. The van der Waals surface area contributed by atoms with Crippen LogP contribution in [0.25, 0.3) is 0 Å². The fourth-order valence-electron chi connectivity index (χ4n) is 2.42. The van der Waals surface area contributed by atoms with Crippen molar-refractivity contribution >= 4 is 23.2 Å². The molecule has 1 saturated heterocycles. The van der Waals surface area contributed by atoms with Crippen LogP contribution in [0.2, 0.25) is 0 Å². The third kappa shape index (κ3) is 5.37. The summed E-state index contributed by atoms with van der Waals surface area (Å²) in [5.41, 5.74) is 0.727. The summed E-state index contributed by atoms with van der Waals surface area (Å²) >= 11 is 5.78. The molecule has 1 heterocycles. The Morgan fingerprint density at radius 2 is 2.22 bits per heavy atom. The second kappa shape index (κ2) is 9.75. The van der Waals surface area contributed by atoms with Crippen molar-refractivity contribution in [1.29, 1.82) is 0 Å². The molecular weight excluding hydrogens is 318 g/mol. The highest BCUT2D eigenvalue weighted by Gasteiger charge is 2.25. The molecule has 1 aliphatic rings. The lowest BCUT2D eigenvalue weighted by Crippen LogP contribution is -2.39. The molecule has 128 valence electrons. The molecule has 0 saturated carbocycles. The van der Waals surface area contributed by atoms with E-state index in [1.807, 2.05) is 24.3 Å². The van der Waals surface area contributed by atoms with Crippen molar-refractivity contribution in [2.75, 3.05) is 37.3 Å². The van der Waals surface area contributed by atoms with E-state index in [1.54, 1.807) is 4.90 Å². The third-order valence-electron chi connectivity index (χ3n) is 3.65. The molecule has 1 fully saturated rings. The molecule has 2 rings (SSSR count). The van der Waals surface area contributed by atoms with Gasteiger partial charge in [0.05, 0.1) is 25.4 Å². The van der Waals surface area contributed by atoms with E-state index in [2.05, 4.69) is 6.92 Å². The molecule has 1 aromatic rings. The predicted octanol–water partition coefficient (Wildman–Crippen LogP) is 3.20. The molecule has 1 aromatic carbocycles. The standard InChI is InChI=1S/C17H24ClNO4/c1-2-3-6-9-22-16-8-5-4-7-15(16)19(17(20)10-18)11-14-12-21-13-23-14/h4-5,7-8,14H,2-3,6,9-13H2,1H3. The number of carbonyl (C=O) groups is 1. The van der Waals surface area contributed by atoms with Crippen molar-refractivity contribution in [1.82, 2.24) is 0 Å². The summed E-state index contributed by atoms with van der Waals surface area (Å²) in [6, 6.07) is 7.53. The van der Waals surface area contributed by atoms with Crippen molar-refractivity contribution < 1.29 is 19.0 Å². The molecule has 0 spiro atoms. The van der Waals surface area contributed by atoms with Gasteiger partial charge in [-0.05, 0) is 18.6 Å². The van der Waals surface area contributed by atoms with Gasteiger partial charge in [0.1, 0.15) is 24.5 Å². The zero-order valence-electron chi connectivity index (χ0n) is 13.5. The number of alkyl halides is 1. The Morgan fingerprint density at radius 1 is 1.39 bits per heavy atom. The van der Waals surface area contributed by atoms with Gasteiger partial charge in [-0.1, -0.05) is 31.9 Å². The zero-order chi connectivity index (χ0) is 16.5. The molecular formula is C17H24ClNO4. The van der Waals surface area contributed by atoms with E-state index >= 15 is 0 Å². The van der Waals surface area contributed by atoms with Gasteiger partial charge in [0.25, 0.3) is 0 Å². The Balaban J connectivity index is 2.11. The second-order valence-corrected chi connectivity index (χ2v) is 5.71. The number of rotatable bonds is 9. The minimum Gasteiger partial charge on any atom is -0.491 e. The first-order valence-corrected chi connectivity index (χ1v) is 8.57. The van der Waals surface area contributed by atoms with Crippen LogP contribution in [-0.2, 0) is 14.3 Å². The monoisotopic (exact) mass is 341 g/mol. The molecule has 1 atom stereocenters. The lowest BCUT2D eigenvalue weighted by molar-refractivity contribution is -0.116. The summed E-state index contributed by atoms with van der Waals surface area (Å²) in [5, 5.41) is 0. The van der Waals surface area contributed by atoms with E-state index in [9.17, 15) is 4.79 Å². The smallest absolute Gasteiger partial charge is 0.242 e. The fourth-order valence-corrected chi connectivity index (χ4v) is 2.57. The number of hydrogen-bond donors (Lipinski definition) is 0. The van der Waals surface area contributed by atoms with Crippen LogP contribution in [0.1, 0.15) is 26.2 Å². The van der Waals surface area contributed by atoms with Gasteiger partial charge in [-0.25, -0.2) is 0 Å². The summed E-state index contributed by atoms with van der Waals surface area (Å²) in [6.45, 7) is 3.94. The molecule has 0 aliphatic carbocycles. The van der Waals surface area contributed by atoms with Gasteiger partial charge in [-0.2, -0.15) is 0 Å². The lowest BCUT2D eigenvalue weighted by atomic mass is 10.2. The topological polar surface area (TPSA) is 48.0 Å². The predicted molar refractivity (Wildman–Crippen MR) is 90.2 cm³/mol. The SMILES string of the molecule is CCCCCOc1ccccc1N(CC1COCO1)C(=O)CCl. The first-order valence-electron chi connectivity index (χ1n) is 8.03. The van der Waals surface area contributed by atoms with E-state index in [0.29, 0.717) is 25.5 Å². The van der Waals surface area contributed by atoms with Crippen molar-refractivity contribution in [2.24, 2.45) is 0 Å². The first kappa shape index (κ1) is 18.0. The van der Waals surface area contributed by atoms with E-state index in [-0.39, 0.29) is 24.7 Å². The Kier molecular flexibility index (Phi) is 7.65. The van der Waals surface area contributed by atoms with Crippen LogP contribution in [0.3, 0.4) is 0 Å². The number of benzene rings is 1.